The van der Waals surface area contributed by atoms with Crippen LogP contribution in [0.3, 0.4) is 0 Å². The first-order valence-electron chi connectivity index (χ1n) is 4.75. The summed E-state index contributed by atoms with van der Waals surface area (Å²) < 4.78 is 5.11. The molecule has 0 fully saturated rings. The molecule has 0 bridgehead atoms. The molecule has 1 unspecified atom stereocenters. The first-order chi connectivity index (χ1) is 6.80. The van der Waals surface area contributed by atoms with E-state index < -0.39 is 12.0 Å². The molecular formula is C10H16N2O3. The minimum Gasteiger partial charge on any atom is -0.480 e. The standard InChI is InChI=1S/C10H16N2O3/c1-10(2,3)8-5-6(12-15-8)4-7(11)9(13)14/h5,7H,4,11H2,1-3H3,(H,13,14). The van der Waals surface area contributed by atoms with Crippen molar-refractivity contribution in [3.05, 3.63) is 17.5 Å². The van der Waals surface area contributed by atoms with Crippen LogP contribution < -0.4 is 5.73 Å². The number of rotatable bonds is 3. The van der Waals surface area contributed by atoms with E-state index in [1.165, 1.54) is 0 Å². The van der Waals surface area contributed by atoms with Gasteiger partial charge in [0.2, 0.25) is 0 Å². The first-order valence-corrected chi connectivity index (χ1v) is 4.75. The van der Waals surface area contributed by atoms with Crippen LogP contribution in [0, 0.1) is 0 Å². The number of carboxylic acid groups (broad SMARTS) is 1. The summed E-state index contributed by atoms with van der Waals surface area (Å²) in [6.07, 6.45) is 0.189. The molecule has 84 valence electrons. The van der Waals surface area contributed by atoms with Crippen molar-refractivity contribution < 1.29 is 14.4 Å². The van der Waals surface area contributed by atoms with Gasteiger partial charge in [-0.3, -0.25) is 4.79 Å². The molecule has 15 heavy (non-hydrogen) atoms. The van der Waals surface area contributed by atoms with E-state index in [2.05, 4.69) is 5.16 Å². The second kappa shape index (κ2) is 4.02. The fourth-order valence-electron chi connectivity index (χ4n) is 1.07. The molecule has 1 aromatic heterocycles. The number of aliphatic carboxylic acids is 1. The van der Waals surface area contributed by atoms with Crippen molar-refractivity contribution in [1.82, 2.24) is 5.16 Å². The van der Waals surface area contributed by atoms with Gasteiger partial charge in [-0.15, -0.1) is 0 Å². The topological polar surface area (TPSA) is 89.4 Å². The Kier molecular flexibility index (Phi) is 3.14. The third-order valence-electron chi connectivity index (χ3n) is 2.04. The summed E-state index contributed by atoms with van der Waals surface area (Å²) >= 11 is 0. The van der Waals surface area contributed by atoms with Crippen molar-refractivity contribution in [2.45, 2.75) is 38.6 Å². The Balaban J connectivity index is 2.73. The van der Waals surface area contributed by atoms with Gasteiger partial charge in [0.25, 0.3) is 0 Å². The summed E-state index contributed by atoms with van der Waals surface area (Å²) in [5, 5.41) is 12.4. The highest BCUT2D eigenvalue weighted by molar-refractivity contribution is 5.73. The van der Waals surface area contributed by atoms with E-state index in [1.807, 2.05) is 20.8 Å². The Labute approximate surface area is 88.2 Å². The lowest BCUT2D eigenvalue weighted by Crippen LogP contribution is -2.32. The average Bonchev–Trinajstić information content (AvgIpc) is 2.51. The lowest BCUT2D eigenvalue weighted by molar-refractivity contribution is -0.138. The Morgan fingerprint density at radius 2 is 2.27 bits per heavy atom. The molecule has 0 aliphatic heterocycles. The van der Waals surface area contributed by atoms with E-state index >= 15 is 0 Å². The van der Waals surface area contributed by atoms with Crippen molar-refractivity contribution in [2.24, 2.45) is 5.73 Å². The molecule has 3 N–H and O–H groups in total. The third-order valence-corrected chi connectivity index (χ3v) is 2.04. The fraction of sp³-hybridized carbons (Fsp3) is 0.600. The van der Waals surface area contributed by atoms with E-state index in [9.17, 15) is 4.79 Å². The van der Waals surface area contributed by atoms with Crippen LogP contribution in [0.15, 0.2) is 10.6 Å². The van der Waals surface area contributed by atoms with Crippen LogP contribution in [0.5, 0.6) is 0 Å². The van der Waals surface area contributed by atoms with Crippen LogP contribution >= 0.6 is 0 Å². The number of carboxylic acids is 1. The highest BCUT2D eigenvalue weighted by atomic mass is 16.5. The van der Waals surface area contributed by atoms with Crippen LogP contribution in [0.25, 0.3) is 0 Å². The van der Waals surface area contributed by atoms with Crippen LogP contribution in [0.4, 0.5) is 0 Å². The van der Waals surface area contributed by atoms with Gasteiger partial charge in [-0.25, -0.2) is 0 Å². The number of hydrogen-bond donors (Lipinski definition) is 2. The van der Waals surface area contributed by atoms with E-state index in [0.717, 1.165) is 5.76 Å². The maximum absolute atomic E-state index is 10.5. The summed E-state index contributed by atoms with van der Waals surface area (Å²) in [5.74, 6) is -0.301. The van der Waals surface area contributed by atoms with Crippen LogP contribution in [-0.2, 0) is 16.6 Å². The summed E-state index contributed by atoms with van der Waals surface area (Å²) in [4.78, 5) is 10.5. The predicted octanol–water partition coefficient (Wildman–Crippen LogP) is 0.926. The number of aromatic nitrogens is 1. The molecule has 0 radical (unpaired) electrons. The third kappa shape index (κ3) is 3.06. The zero-order valence-electron chi connectivity index (χ0n) is 9.15. The molecular weight excluding hydrogens is 196 g/mol. The SMILES string of the molecule is CC(C)(C)c1cc(CC(N)C(=O)O)no1. The van der Waals surface area contributed by atoms with Gasteiger partial charge in [0.05, 0.1) is 5.69 Å². The number of nitrogens with two attached hydrogens (primary N) is 1. The van der Waals surface area contributed by atoms with Gasteiger partial charge in [0, 0.05) is 17.9 Å². The number of carbonyl (C=O) groups is 1. The lowest BCUT2D eigenvalue weighted by atomic mass is 9.93. The lowest BCUT2D eigenvalue weighted by Gasteiger charge is -2.12. The van der Waals surface area contributed by atoms with Gasteiger partial charge in [-0.2, -0.15) is 0 Å². The molecule has 0 saturated carbocycles. The normalized spacial score (nSPS) is 13.9. The van der Waals surface area contributed by atoms with Crippen LogP contribution in [0.1, 0.15) is 32.2 Å². The zero-order valence-corrected chi connectivity index (χ0v) is 9.15. The second-order valence-corrected chi connectivity index (χ2v) is 4.58. The molecule has 1 heterocycles. The summed E-state index contributed by atoms with van der Waals surface area (Å²) in [7, 11) is 0. The molecule has 0 spiro atoms. The molecule has 1 aromatic rings. The molecule has 5 nitrogen and oxygen atoms in total. The van der Waals surface area contributed by atoms with E-state index in [0.29, 0.717) is 5.69 Å². The molecule has 1 atom stereocenters. The van der Waals surface area contributed by atoms with Gasteiger partial charge >= 0.3 is 5.97 Å². The summed E-state index contributed by atoms with van der Waals surface area (Å²) in [5.41, 5.74) is 5.84. The van der Waals surface area contributed by atoms with Crippen molar-refractivity contribution >= 4 is 5.97 Å². The Morgan fingerprint density at radius 3 is 2.67 bits per heavy atom. The van der Waals surface area contributed by atoms with Gasteiger partial charge in [0.1, 0.15) is 11.8 Å². The molecule has 0 aromatic carbocycles. The van der Waals surface area contributed by atoms with E-state index in [-0.39, 0.29) is 11.8 Å². The molecule has 0 amide bonds. The Morgan fingerprint density at radius 1 is 1.67 bits per heavy atom. The van der Waals surface area contributed by atoms with Crippen molar-refractivity contribution in [3.63, 3.8) is 0 Å². The Hall–Kier alpha value is -1.36. The zero-order chi connectivity index (χ0) is 11.6. The maximum atomic E-state index is 10.5. The highest BCUT2D eigenvalue weighted by Gasteiger charge is 2.21. The molecule has 0 saturated heterocycles. The van der Waals surface area contributed by atoms with Gasteiger partial charge in [-0.1, -0.05) is 25.9 Å². The predicted molar refractivity (Wildman–Crippen MR) is 54.5 cm³/mol. The first kappa shape index (κ1) is 11.7. The highest BCUT2D eigenvalue weighted by Crippen LogP contribution is 2.22. The fourth-order valence-corrected chi connectivity index (χ4v) is 1.07. The molecule has 0 aliphatic rings. The molecule has 1 rings (SSSR count). The molecule has 5 heteroatoms. The minimum atomic E-state index is -1.03. The average molecular weight is 212 g/mol. The van der Waals surface area contributed by atoms with Gasteiger partial charge in [-0.05, 0) is 0 Å². The van der Waals surface area contributed by atoms with Crippen molar-refractivity contribution in [3.8, 4) is 0 Å². The van der Waals surface area contributed by atoms with Crippen LogP contribution in [-0.4, -0.2) is 22.3 Å². The minimum absolute atomic E-state index is 0.126. The Bertz CT molecular complexity index is 352. The maximum Gasteiger partial charge on any atom is 0.320 e. The van der Waals surface area contributed by atoms with E-state index in [1.54, 1.807) is 6.07 Å². The summed E-state index contributed by atoms with van der Waals surface area (Å²) in [6.45, 7) is 5.98. The largest absolute Gasteiger partial charge is 0.480 e. The molecule has 0 aliphatic carbocycles. The van der Waals surface area contributed by atoms with Crippen molar-refractivity contribution in [2.75, 3.05) is 0 Å². The van der Waals surface area contributed by atoms with Crippen LogP contribution in [0.2, 0.25) is 0 Å². The summed E-state index contributed by atoms with van der Waals surface area (Å²) in [6, 6.07) is 0.825. The smallest absolute Gasteiger partial charge is 0.320 e. The van der Waals surface area contributed by atoms with E-state index in [4.69, 9.17) is 15.4 Å². The van der Waals surface area contributed by atoms with Crippen molar-refractivity contribution in [1.29, 1.82) is 0 Å². The quantitative estimate of drug-likeness (QED) is 0.777. The monoisotopic (exact) mass is 212 g/mol. The van der Waals surface area contributed by atoms with Gasteiger partial charge in [0.15, 0.2) is 0 Å². The van der Waals surface area contributed by atoms with Gasteiger partial charge < -0.3 is 15.4 Å². The number of nitrogens with zero attached hydrogens (tertiary/aromatic N) is 1. The number of hydrogen-bond acceptors (Lipinski definition) is 4. The second-order valence-electron chi connectivity index (χ2n) is 4.58.